The zero-order valence-electron chi connectivity index (χ0n) is 8.82. The van der Waals surface area contributed by atoms with Crippen molar-refractivity contribution in [3.05, 3.63) is 12.2 Å². The van der Waals surface area contributed by atoms with Crippen LogP contribution in [0.15, 0.2) is 12.2 Å². The molecule has 1 N–H and O–H groups in total. The highest BCUT2D eigenvalue weighted by Crippen LogP contribution is 2.07. The summed E-state index contributed by atoms with van der Waals surface area (Å²) >= 11 is 0. The van der Waals surface area contributed by atoms with Crippen LogP contribution in [0, 0.1) is 0 Å². The Morgan fingerprint density at radius 2 is 2.00 bits per heavy atom. The molecule has 0 aromatic carbocycles. The van der Waals surface area contributed by atoms with E-state index in [1.807, 2.05) is 0 Å². The van der Waals surface area contributed by atoms with Gasteiger partial charge in [0.25, 0.3) is 0 Å². The Morgan fingerprint density at radius 3 is 2.42 bits per heavy atom. The normalized spacial score (nSPS) is 12.9. The van der Waals surface area contributed by atoms with E-state index >= 15 is 0 Å². The van der Waals surface area contributed by atoms with Crippen LogP contribution in [0.1, 0.15) is 46.5 Å². The van der Waals surface area contributed by atoms with Crippen LogP contribution in [-0.2, 0) is 0 Å². The highest BCUT2D eigenvalue weighted by Gasteiger charge is 2.06. The fourth-order valence-corrected chi connectivity index (χ4v) is 1.25. The van der Waals surface area contributed by atoms with Gasteiger partial charge in [-0.2, -0.15) is 0 Å². The Hall–Kier alpha value is -0.300. The first-order chi connectivity index (χ1) is 5.72. The Kier molecular flexibility index (Phi) is 7.17. The second-order valence-electron chi connectivity index (χ2n) is 3.50. The number of rotatable bonds is 7. The first-order valence-electron chi connectivity index (χ1n) is 5.11. The van der Waals surface area contributed by atoms with Gasteiger partial charge in [0.05, 0.1) is 0 Å². The van der Waals surface area contributed by atoms with Crippen molar-refractivity contribution in [2.45, 2.75) is 52.5 Å². The average Bonchev–Trinajstić information content (AvgIpc) is 2.04. The summed E-state index contributed by atoms with van der Waals surface area (Å²) in [5, 5.41) is 3.50. The van der Waals surface area contributed by atoms with Gasteiger partial charge in [-0.05, 0) is 26.3 Å². The van der Waals surface area contributed by atoms with Gasteiger partial charge in [-0.1, -0.05) is 38.8 Å². The maximum absolute atomic E-state index is 4.00. The maximum atomic E-state index is 4.00. The number of hydrogen-bond acceptors (Lipinski definition) is 1. The van der Waals surface area contributed by atoms with Crippen LogP contribution in [0.2, 0.25) is 0 Å². The second-order valence-corrected chi connectivity index (χ2v) is 3.50. The minimum Gasteiger partial charge on any atom is -0.310 e. The third kappa shape index (κ3) is 5.36. The second kappa shape index (κ2) is 7.35. The molecule has 0 fully saturated rings. The van der Waals surface area contributed by atoms with Crippen LogP contribution in [0.5, 0.6) is 0 Å². The van der Waals surface area contributed by atoms with E-state index in [1.165, 1.54) is 31.3 Å². The van der Waals surface area contributed by atoms with Gasteiger partial charge in [0, 0.05) is 6.04 Å². The van der Waals surface area contributed by atoms with Crippen LogP contribution < -0.4 is 5.32 Å². The molecule has 0 rings (SSSR count). The van der Waals surface area contributed by atoms with Gasteiger partial charge >= 0.3 is 0 Å². The van der Waals surface area contributed by atoms with Gasteiger partial charge < -0.3 is 5.32 Å². The Labute approximate surface area is 77.2 Å². The lowest BCUT2D eigenvalue weighted by atomic mass is 10.0. The van der Waals surface area contributed by atoms with Gasteiger partial charge in [0.15, 0.2) is 0 Å². The summed E-state index contributed by atoms with van der Waals surface area (Å²) in [4.78, 5) is 0. The van der Waals surface area contributed by atoms with E-state index in [0.29, 0.717) is 6.04 Å². The van der Waals surface area contributed by atoms with Crippen LogP contribution in [0.3, 0.4) is 0 Å². The molecule has 0 aliphatic carbocycles. The largest absolute Gasteiger partial charge is 0.310 e. The van der Waals surface area contributed by atoms with Crippen molar-refractivity contribution in [1.29, 1.82) is 0 Å². The fourth-order valence-electron chi connectivity index (χ4n) is 1.25. The molecule has 72 valence electrons. The van der Waals surface area contributed by atoms with E-state index in [9.17, 15) is 0 Å². The van der Waals surface area contributed by atoms with Crippen LogP contribution in [-0.4, -0.2) is 12.6 Å². The molecule has 0 spiro atoms. The van der Waals surface area contributed by atoms with Crippen molar-refractivity contribution >= 4 is 0 Å². The summed E-state index contributed by atoms with van der Waals surface area (Å²) < 4.78 is 0. The summed E-state index contributed by atoms with van der Waals surface area (Å²) in [6.45, 7) is 11.7. The van der Waals surface area contributed by atoms with E-state index < -0.39 is 0 Å². The summed E-state index contributed by atoms with van der Waals surface area (Å²) in [5.74, 6) is 0. The molecule has 0 saturated carbocycles. The molecule has 0 aromatic rings. The predicted octanol–water partition coefficient (Wildman–Crippen LogP) is 3.12. The first kappa shape index (κ1) is 11.7. The minimum absolute atomic E-state index is 0.546. The van der Waals surface area contributed by atoms with Gasteiger partial charge in [0.2, 0.25) is 0 Å². The van der Waals surface area contributed by atoms with Crippen molar-refractivity contribution in [3.8, 4) is 0 Å². The number of unbranched alkanes of at least 4 members (excludes halogenated alkanes) is 1. The third-order valence-electron chi connectivity index (χ3n) is 2.08. The van der Waals surface area contributed by atoms with E-state index in [1.54, 1.807) is 0 Å². The molecule has 0 amide bonds. The van der Waals surface area contributed by atoms with Crippen molar-refractivity contribution in [2.75, 3.05) is 6.54 Å². The Bertz CT molecular complexity index is 110. The summed E-state index contributed by atoms with van der Waals surface area (Å²) in [5.41, 5.74) is 1.27. The van der Waals surface area contributed by atoms with Crippen LogP contribution >= 0.6 is 0 Å². The number of hydrogen-bond donors (Lipinski definition) is 1. The predicted molar refractivity (Wildman–Crippen MR) is 56.4 cm³/mol. The molecule has 0 saturated heterocycles. The molecule has 1 unspecified atom stereocenters. The fraction of sp³-hybridized carbons (Fsp3) is 0.818. The molecule has 1 heteroatoms. The third-order valence-corrected chi connectivity index (χ3v) is 2.08. The van der Waals surface area contributed by atoms with Crippen molar-refractivity contribution in [3.63, 3.8) is 0 Å². The molecule has 0 aromatic heterocycles. The minimum atomic E-state index is 0.546. The summed E-state index contributed by atoms with van der Waals surface area (Å²) in [6, 6.07) is 0.546. The van der Waals surface area contributed by atoms with Gasteiger partial charge in [-0.25, -0.2) is 0 Å². The highest BCUT2D eigenvalue weighted by molar-refractivity contribution is 5.01. The average molecular weight is 169 g/mol. The summed E-state index contributed by atoms with van der Waals surface area (Å²) in [6.07, 6.45) is 5.02. The lowest BCUT2D eigenvalue weighted by Gasteiger charge is -2.17. The lowest BCUT2D eigenvalue weighted by molar-refractivity contribution is 0.514. The quantitative estimate of drug-likeness (QED) is 0.577. The van der Waals surface area contributed by atoms with E-state index in [2.05, 4.69) is 32.7 Å². The zero-order valence-corrected chi connectivity index (χ0v) is 8.82. The van der Waals surface area contributed by atoms with Gasteiger partial charge in [0.1, 0.15) is 0 Å². The zero-order chi connectivity index (χ0) is 9.40. The molecule has 1 atom stereocenters. The van der Waals surface area contributed by atoms with Crippen LogP contribution in [0.4, 0.5) is 0 Å². The van der Waals surface area contributed by atoms with Crippen LogP contribution in [0.25, 0.3) is 0 Å². The van der Waals surface area contributed by atoms with Crippen molar-refractivity contribution < 1.29 is 0 Å². The highest BCUT2D eigenvalue weighted by atomic mass is 14.9. The van der Waals surface area contributed by atoms with E-state index in [0.717, 1.165) is 6.54 Å². The molecule has 12 heavy (non-hydrogen) atoms. The maximum Gasteiger partial charge on any atom is 0.0274 e. The Morgan fingerprint density at radius 1 is 1.33 bits per heavy atom. The van der Waals surface area contributed by atoms with E-state index in [-0.39, 0.29) is 0 Å². The molecule has 0 aliphatic heterocycles. The SMILES string of the molecule is C=C(C)C(CCCC)NCCC. The molecule has 0 bridgehead atoms. The molecule has 0 aliphatic rings. The molecule has 0 radical (unpaired) electrons. The smallest absolute Gasteiger partial charge is 0.0274 e. The van der Waals surface area contributed by atoms with Gasteiger partial charge in [-0.3, -0.25) is 0 Å². The molecular weight excluding hydrogens is 146 g/mol. The monoisotopic (exact) mass is 169 g/mol. The summed E-state index contributed by atoms with van der Waals surface area (Å²) in [7, 11) is 0. The van der Waals surface area contributed by atoms with E-state index in [4.69, 9.17) is 0 Å². The first-order valence-corrected chi connectivity index (χ1v) is 5.11. The Balaban J connectivity index is 3.62. The number of nitrogens with one attached hydrogen (secondary N) is 1. The molecular formula is C11H23N. The molecule has 1 nitrogen and oxygen atoms in total. The topological polar surface area (TPSA) is 12.0 Å². The van der Waals surface area contributed by atoms with Crippen molar-refractivity contribution in [1.82, 2.24) is 5.32 Å². The standard InChI is InChI=1S/C11H23N/c1-5-7-8-11(10(3)4)12-9-6-2/h11-12H,3,5-9H2,1-2,4H3. The van der Waals surface area contributed by atoms with Crippen molar-refractivity contribution in [2.24, 2.45) is 0 Å². The van der Waals surface area contributed by atoms with Gasteiger partial charge in [-0.15, -0.1) is 0 Å². The molecule has 0 heterocycles. The lowest BCUT2D eigenvalue weighted by Crippen LogP contribution is -2.30.